The molecule has 4 atom stereocenters. The van der Waals surface area contributed by atoms with E-state index < -0.39 is 14.2 Å². The SMILES string of the molecule is CCC(C)C(O)c1cn(C(C#C[Si](C(C)C)(C(C)C)C(C)C)C(C)CC)nn1. The van der Waals surface area contributed by atoms with Crippen molar-refractivity contribution >= 4 is 8.07 Å². The molecule has 0 amide bonds. The maximum absolute atomic E-state index is 10.5. The van der Waals surface area contributed by atoms with E-state index in [1.807, 2.05) is 17.8 Å². The number of nitrogens with zero attached hydrogens (tertiary/aromatic N) is 3. The Labute approximate surface area is 174 Å². The van der Waals surface area contributed by atoms with Gasteiger partial charge in [0, 0.05) is 0 Å². The first kappa shape index (κ1) is 24.9. The molecule has 28 heavy (non-hydrogen) atoms. The van der Waals surface area contributed by atoms with Crippen molar-refractivity contribution in [2.24, 2.45) is 11.8 Å². The third-order valence-corrected chi connectivity index (χ3v) is 13.1. The Balaban J connectivity index is 3.36. The van der Waals surface area contributed by atoms with Gasteiger partial charge in [0.15, 0.2) is 0 Å². The number of aromatic nitrogens is 3. The van der Waals surface area contributed by atoms with Gasteiger partial charge in [-0.05, 0) is 28.5 Å². The smallest absolute Gasteiger partial charge is 0.146 e. The van der Waals surface area contributed by atoms with Gasteiger partial charge in [-0.2, -0.15) is 0 Å². The average molecular weight is 406 g/mol. The molecule has 1 heterocycles. The molecule has 0 spiro atoms. The molecule has 1 rings (SSSR count). The summed E-state index contributed by atoms with van der Waals surface area (Å²) in [6, 6.07) is -0.00138. The van der Waals surface area contributed by atoms with Gasteiger partial charge in [0.1, 0.15) is 25.9 Å². The number of hydrogen-bond donors (Lipinski definition) is 1. The van der Waals surface area contributed by atoms with E-state index in [9.17, 15) is 5.11 Å². The molecule has 5 heteroatoms. The van der Waals surface area contributed by atoms with E-state index in [0.717, 1.165) is 12.8 Å². The largest absolute Gasteiger partial charge is 0.386 e. The zero-order valence-corrected chi connectivity index (χ0v) is 20.8. The highest BCUT2D eigenvalue weighted by molar-refractivity contribution is 6.90. The molecule has 0 aromatic carbocycles. The number of aliphatic hydroxyl groups is 1. The molecule has 4 unspecified atom stereocenters. The maximum Gasteiger partial charge on any atom is 0.146 e. The van der Waals surface area contributed by atoms with Crippen molar-refractivity contribution in [1.82, 2.24) is 15.0 Å². The first-order valence-corrected chi connectivity index (χ1v) is 13.4. The molecular formula is C23H43N3OSi. The van der Waals surface area contributed by atoms with Gasteiger partial charge in [0.2, 0.25) is 0 Å². The van der Waals surface area contributed by atoms with E-state index in [1.54, 1.807) is 0 Å². The Kier molecular flexibility index (Phi) is 9.43. The second-order valence-corrected chi connectivity index (χ2v) is 15.0. The molecule has 1 aromatic rings. The normalized spacial score (nSPS) is 16.8. The van der Waals surface area contributed by atoms with Gasteiger partial charge in [-0.1, -0.05) is 93.2 Å². The lowest BCUT2D eigenvalue weighted by molar-refractivity contribution is 0.111. The van der Waals surface area contributed by atoms with Crippen LogP contribution >= 0.6 is 0 Å². The summed E-state index contributed by atoms with van der Waals surface area (Å²) >= 11 is 0. The van der Waals surface area contributed by atoms with Gasteiger partial charge in [0.05, 0.1) is 6.20 Å². The summed E-state index contributed by atoms with van der Waals surface area (Å²) in [4.78, 5) is 0. The molecule has 160 valence electrons. The first-order chi connectivity index (χ1) is 13.0. The third-order valence-electron chi connectivity index (χ3n) is 6.78. The fourth-order valence-electron chi connectivity index (χ4n) is 4.40. The molecule has 0 saturated carbocycles. The van der Waals surface area contributed by atoms with Crippen molar-refractivity contribution in [3.8, 4) is 11.5 Å². The molecule has 0 aliphatic heterocycles. The Morgan fingerprint density at radius 1 is 0.929 bits per heavy atom. The Hall–Kier alpha value is -1.12. The summed E-state index contributed by atoms with van der Waals surface area (Å²) in [5.74, 6) is 4.20. The summed E-state index contributed by atoms with van der Waals surface area (Å²) < 4.78 is 1.89. The molecule has 0 aliphatic rings. The van der Waals surface area contributed by atoms with E-state index in [0.29, 0.717) is 28.2 Å². The van der Waals surface area contributed by atoms with Crippen LogP contribution in [0.2, 0.25) is 16.6 Å². The van der Waals surface area contributed by atoms with Crippen LogP contribution in [0.25, 0.3) is 0 Å². The zero-order valence-electron chi connectivity index (χ0n) is 19.8. The minimum absolute atomic E-state index is 0.00138. The molecule has 0 fully saturated rings. The van der Waals surface area contributed by atoms with Crippen LogP contribution in [0, 0.1) is 23.3 Å². The molecule has 4 nitrogen and oxygen atoms in total. The standard InChI is InChI=1S/C23H43N3OSi/c1-11-19(9)22(13-14-28(16(3)4,17(5)6)18(7)8)26-15-21(24-25-26)23(27)20(10)12-2/h15-20,22-23,27H,11-12H2,1-10H3. The van der Waals surface area contributed by atoms with Crippen LogP contribution in [0.3, 0.4) is 0 Å². The lowest BCUT2D eigenvalue weighted by Gasteiger charge is -2.38. The van der Waals surface area contributed by atoms with Crippen molar-refractivity contribution in [3.63, 3.8) is 0 Å². The Bertz CT molecular complexity index is 635. The lowest BCUT2D eigenvalue weighted by atomic mass is 9.99. The van der Waals surface area contributed by atoms with Crippen LogP contribution in [0.4, 0.5) is 0 Å². The fourth-order valence-corrected chi connectivity index (χ4v) is 9.66. The van der Waals surface area contributed by atoms with Gasteiger partial charge in [-0.3, -0.25) is 0 Å². The summed E-state index contributed by atoms with van der Waals surface area (Å²) in [6.45, 7) is 22.6. The zero-order chi connectivity index (χ0) is 21.6. The summed E-state index contributed by atoms with van der Waals surface area (Å²) in [5.41, 5.74) is 6.34. The maximum atomic E-state index is 10.5. The monoisotopic (exact) mass is 405 g/mol. The van der Waals surface area contributed by atoms with Crippen molar-refractivity contribution in [1.29, 1.82) is 0 Å². The van der Waals surface area contributed by atoms with Gasteiger partial charge >= 0.3 is 0 Å². The minimum atomic E-state index is -1.79. The second kappa shape index (κ2) is 10.6. The molecule has 1 N–H and O–H groups in total. The summed E-state index contributed by atoms with van der Waals surface area (Å²) in [5, 5.41) is 19.2. The number of rotatable bonds is 9. The van der Waals surface area contributed by atoms with Crippen molar-refractivity contribution in [2.45, 2.75) is 111 Å². The van der Waals surface area contributed by atoms with Crippen LogP contribution in [0.15, 0.2) is 6.20 Å². The van der Waals surface area contributed by atoms with Gasteiger partial charge in [0.25, 0.3) is 0 Å². The van der Waals surface area contributed by atoms with E-state index in [2.05, 4.69) is 84.1 Å². The summed E-state index contributed by atoms with van der Waals surface area (Å²) in [7, 11) is -1.79. The highest BCUT2D eigenvalue weighted by Crippen LogP contribution is 2.41. The van der Waals surface area contributed by atoms with Gasteiger partial charge in [-0.25, -0.2) is 4.68 Å². The van der Waals surface area contributed by atoms with Crippen LogP contribution in [0.1, 0.15) is 99.9 Å². The quantitative estimate of drug-likeness (QED) is 0.395. The van der Waals surface area contributed by atoms with Crippen LogP contribution in [-0.2, 0) is 0 Å². The molecule has 0 saturated heterocycles. The Morgan fingerprint density at radius 2 is 1.43 bits per heavy atom. The molecule has 0 aliphatic carbocycles. The van der Waals surface area contributed by atoms with E-state index in [4.69, 9.17) is 0 Å². The first-order valence-electron chi connectivity index (χ1n) is 11.1. The number of aliphatic hydroxyl groups excluding tert-OH is 1. The summed E-state index contributed by atoms with van der Waals surface area (Å²) in [6.07, 6.45) is 3.28. The van der Waals surface area contributed by atoms with Crippen molar-refractivity contribution in [3.05, 3.63) is 11.9 Å². The highest BCUT2D eigenvalue weighted by Gasteiger charge is 2.42. The molecule has 0 radical (unpaired) electrons. The van der Waals surface area contributed by atoms with Crippen LogP contribution in [-0.4, -0.2) is 28.2 Å². The lowest BCUT2D eigenvalue weighted by Crippen LogP contribution is -2.43. The van der Waals surface area contributed by atoms with Gasteiger partial charge < -0.3 is 5.11 Å². The highest BCUT2D eigenvalue weighted by atomic mass is 28.3. The average Bonchev–Trinajstić information content (AvgIpc) is 3.12. The van der Waals surface area contributed by atoms with Crippen molar-refractivity contribution < 1.29 is 5.11 Å². The van der Waals surface area contributed by atoms with Crippen molar-refractivity contribution in [2.75, 3.05) is 0 Å². The second-order valence-electron chi connectivity index (χ2n) is 9.45. The van der Waals surface area contributed by atoms with Crippen LogP contribution < -0.4 is 0 Å². The van der Waals surface area contributed by atoms with E-state index in [1.165, 1.54) is 0 Å². The van der Waals surface area contributed by atoms with E-state index in [-0.39, 0.29) is 12.0 Å². The van der Waals surface area contributed by atoms with Gasteiger partial charge in [-0.15, -0.1) is 10.6 Å². The molecule has 1 aromatic heterocycles. The third kappa shape index (κ3) is 5.27. The van der Waals surface area contributed by atoms with Crippen LogP contribution in [0.5, 0.6) is 0 Å². The van der Waals surface area contributed by atoms with E-state index >= 15 is 0 Å². The number of hydrogen-bond acceptors (Lipinski definition) is 3. The molecule has 0 bridgehead atoms. The predicted molar refractivity (Wildman–Crippen MR) is 122 cm³/mol. The predicted octanol–water partition coefficient (Wildman–Crippen LogP) is 6.17. The Morgan fingerprint density at radius 3 is 1.86 bits per heavy atom. The molecular weight excluding hydrogens is 362 g/mol. The minimum Gasteiger partial charge on any atom is -0.386 e. The fraction of sp³-hybridized carbons (Fsp3) is 0.826. The topological polar surface area (TPSA) is 50.9 Å².